The largest absolute Gasteiger partial charge is 0.490 e. The SMILES string of the molecule is COc1c(Oc2cc(C(F)(F)F)c(F)cc2-c2cc(=O)c([S@](C)(=N)=O)c(C)[nH]2)ccc(F)c1F. The summed E-state index contributed by atoms with van der Waals surface area (Å²) < 4.78 is 112. The van der Waals surface area contributed by atoms with Gasteiger partial charge in [0.05, 0.1) is 28.1 Å². The van der Waals surface area contributed by atoms with Crippen molar-refractivity contribution in [2.45, 2.75) is 18.0 Å². The van der Waals surface area contributed by atoms with Crippen molar-refractivity contribution >= 4 is 9.73 Å². The van der Waals surface area contributed by atoms with Crippen LogP contribution in [-0.4, -0.2) is 22.6 Å². The summed E-state index contributed by atoms with van der Waals surface area (Å²) in [5.41, 5.74) is -3.27. The number of benzene rings is 2. The molecule has 0 aliphatic rings. The van der Waals surface area contributed by atoms with E-state index in [9.17, 15) is 35.3 Å². The summed E-state index contributed by atoms with van der Waals surface area (Å²) in [6.45, 7) is 1.30. The minimum atomic E-state index is -5.13. The first-order chi connectivity index (χ1) is 15.6. The molecular formula is C21H16F6N2O4S. The highest BCUT2D eigenvalue weighted by Crippen LogP contribution is 2.42. The van der Waals surface area contributed by atoms with Crippen molar-refractivity contribution in [1.82, 2.24) is 4.98 Å². The van der Waals surface area contributed by atoms with Crippen LogP contribution in [0, 0.1) is 29.2 Å². The van der Waals surface area contributed by atoms with Gasteiger partial charge in [0.1, 0.15) is 16.5 Å². The third kappa shape index (κ3) is 4.74. The number of hydrogen-bond donors (Lipinski definition) is 2. The van der Waals surface area contributed by atoms with Crippen molar-refractivity contribution in [3.8, 4) is 28.5 Å². The number of rotatable bonds is 5. The molecule has 3 rings (SSSR count). The smallest absolute Gasteiger partial charge is 0.419 e. The molecule has 1 heterocycles. The van der Waals surface area contributed by atoms with Gasteiger partial charge >= 0.3 is 6.18 Å². The summed E-state index contributed by atoms with van der Waals surface area (Å²) in [4.78, 5) is 14.7. The molecule has 0 spiro atoms. The number of pyridine rings is 1. The third-order valence-electron chi connectivity index (χ3n) is 4.65. The molecule has 0 aliphatic carbocycles. The number of aryl methyl sites for hydroxylation is 1. The Kier molecular flexibility index (Phi) is 6.44. The molecule has 0 radical (unpaired) electrons. The van der Waals surface area contributed by atoms with E-state index in [1.807, 2.05) is 0 Å². The van der Waals surface area contributed by atoms with Gasteiger partial charge in [0.25, 0.3) is 0 Å². The van der Waals surface area contributed by atoms with Crippen molar-refractivity contribution in [2.24, 2.45) is 0 Å². The van der Waals surface area contributed by atoms with Crippen LogP contribution >= 0.6 is 0 Å². The molecule has 0 saturated heterocycles. The molecule has 13 heteroatoms. The summed E-state index contributed by atoms with van der Waals surface area (Å²) in [6, 6.07) is 3.09. The Bertz CT molecular complexity index is 1450. The highest BCUT2D eigenvalue weighted by molar-refractivity contribution is 7.91. The maximum Gasteiger partial charge on any atom is 0.419 e. The number of H-pyrrole nitrogens is 1. The maximum atomic E-state index is 14.4. The molecule has 0 bridgehead atoms. The predicted molar refractivity (Wildman–Crippen MR) is 110 cm³/mol. The first kappa shape index (κ1) is 25.1. The number of nitrogens with one attached hydrogen (secondary N) is 2. The van der Waals surface area contributed by atoms with Gasteiger partial charge in [-0.15, -0.1) is 0 Å². The summed E-state index contributed by atoms with van der Waals surface area (Å²) in [5.74, 6) is -6.45. The summed E-state index contributed by atoms with van der Waals surface area (Å²) in [6.07, 6.45) is -4.13. The van der Waals surface area contributed by atoms with Crippen LogP contribution in [-0.2, 0) is 15.9 Å². The van der Waals surface area contributed by atoms with Crippen LogP contribution in [0.25, 0.3) is 11.3 Å². The van der Waals surface area contributed by atoms with Gasteiger partial charge in [-0.3, -0.25) is 4.79 Å². The van der Waals surface area contributed by atoms with E-state index in [0.29, 0.717) is 18.2 Å². The van der Waals surface area contributed by atoms with Crippen LogP contribution in [0.1, 0.15) is 11.3 Å². The maximum absolute atomic E-state index is 14.4. The van der Waals surface area contributed by atoms with Gasteiger partial charge in [-0.05, 0) is 31.2 Å². The quantitative estimate of drug-likeness (QED) is 0.439. The van der Waals surface area contributed by atoms with E-state index in [1.165, 1.54) is 6.92 Å². The van der Waals surface area contributed by atoms with Crippen molar-refractivity contribution in [2.75, 3.05) is 13.4 Å². The highest BCUT2D eigenvalue weighted by Gasteiger charge is 2.36. The highest BCUT2D eigenvalue weighted by atomic mass is 32.2. The Morgan fingerprint density at radius 1 is 1.03 bits per heavy atom. The van der Waals surface area contributed by atoms with Crippen LogP contribution < -0.4 is 14.9 Å². The summed E-state index contributed by atoms with van der Waals surface area (Å²) in [5, 5.41) is 0. The second kappa shape index (κ2) is 8.70. The fraction of sp³-hybridized carbons (Fsp3) is 0.190. The lowest BCUT2D eigenvalue weighted by Crippen LogP contribution is -2.16. The van der Waals surface area contributed by atoms with Crippen LogP contribution in [0.3, 0.4) is 0 Å². The minimum Gasteiger partial charge on any atom is -0.490 e. The Labute approximate surface area is 189 Å². The molecule has 1 aromatic heterocycles. The van der Waals surface area contributed by atoms with E-state index in [2.05, 4.69) is 4.98 Å². The molecular weight excluding hydrogens is 490 g/mol. The lowest BCUT2D eigenvalue weighted by Gasteiger charge is -2.18. The van der Waals surface area contributed by atoms with Crippen LogP contribution in [0.4, 0.5) is 26.3 Å². The average molecular weight is 506 g/mol. The van der Waals surface area contributed by atoms with Gasteiger partial charge in [0.15, 0.2) is 17.0 Å². The zero-order valence-electron chi connectivity index (χ0n) is 17.7. The molecule has 6 nitrogen and oxygen atoms in total. The third-order valence-corrected chi connectivity index (χ3v) is 5.94. The van der Waals surface area contributed by atoms with Crippen molar-refractivity contribution in [3.05, 3.63) is 69.3 Å². The number of halogens is 6. The Balaban J connectivity index is 2.31. The van der Waals surface area contributed by atoms with Gasteiger partial charge in [0, 0.05) is 23.6 Å². The minimum absolute atomic E-state index is 0.0401. The molecule has 3 aromatic rings. The van der Waals surface area contributed by atoms with Crippen molar-refractivity contribution in [3.63, 3.8) is 0 Å². The average Bonchev–Trinajstić information content (AvgIpc) is 2.69. The summed E-state index contributed by atoms with van der Waals surface area (Å²) >= 11 is 0. The first-order valence-corrected chi connectivity index (χ1v) is 11.2. The zero-order valence-corrected chi connectivity index (χ0v) is 18.5. The van der Waals surface area contributed by atoms with Crippen molar-refractivity contribution in [1.29, 1.82) is 4.78 Å². The number of alkyl halides is 3. The fourth-order valence-corrected chi connectivity index (χ4v) is 4.35. The zero-order chi connectivity index (χ0) is 25.6. The fourth-order valence-electron chi connectivity index (χ4n) is 3.27. The Morgan fingerprint density at radius 2 is 1.68 bits per heavy atom. The Morgan fingerprint density at radius 3 is 2.21 bits per heavy atom. The molecule has 0 saturated carbocycles. The molecule has 2 aromatic carbocycles. The van der Waals surface area contributed by atoms with Gasteiger partial charge in [-0.2, -0.15) is 17.6 Å². The van der Waals surface area contributed by atoms with Crippen LogP contribution in [0.15, 0.2) is 40.0 Å². The number of aromatic nitrogens is 1. The van der Waals surface area contributed by atoms with Gasteiger partial charge in [0.2, 0.25) is 11.6 Å². The predicted octanol–water partition coefficient (Wildman–Crippen LogP) is 5.62. The number of aromatic amines is 1. The topological polar surface area (TPSA) is 92.2 Å². The van der Waals surface area contributed by atoms with E-state index in [1.54, 1.807) is 0 Å². The summed E-state index contributed by atoms with van der Waals surface area (Å²) in [7, 11) is -2.49. The standard InChI is InChI=1S/C21H16F6N2O4S/c1-9-20(34(3,28)31)15(30)8-14(29-9)10-6-13(23)11(21(25,26)27)7-17(10)33-16-5-4-12(22)18(24)19(16)32-2/h4-8,28H,1-3H3,(H,29,30)/t34-/m1/s1. The Hall–Kier alpha value is -3.48. The lowest BCUT2D eigenvalue weighted by atomic mass is 10.0. The van der Waals surface area contributed by atoms with E-state index in [4.69, 9.17) is 14.3 Å². The molecule has 0 aliphatic heterocycles. The van der Waals surface area contributed by atoms with Gasteiger partial charge < -0.3 is 14.5 Å². The van der Waals surface area contributed by atoms with E-state index < -0.39 is 67.2 Å². The van der Waals surface area contributed by atoms with E-state index in [0.717, 1.165) is 25.5 Å². The van der Waals surface area contributed by atoms with Gasteiger partial charge in [-0.25, -0.2) is 17.8 Å². The molecule has 182 valence electrons. The van der Waals surface area contributed by atoms with Crippen LogP contribution in [0.5, 0.6) is 17.2 Å². The second-order valence-corrected chi connectivity index (χ2v) is 9.26. The molecule has 0 amide bonds. The molecule has 34 heavy (non-hydrogen) atoms. The monoisotopic (exact) mass is 506 g/mol. The first-order valence-electron chi connectivity index (χ1n) is 9.23. The number of hydrogen-bond acceptors (Lipinski definition) is 5. The molecule has 2 N–H and O–H groups in total. The molecule has 0 fully saturated rings. The van der Waals surface area contributed by atoms with E-state index >= 15 is 0 Å². The van der Waals surface area contributed by atoms with Crippen molar-refractivity contribution < 1.29 is 40.0 Å². The number of ether oxygens (including phenoxy) is 2. The molecule has 0 unspecified atom stereocenters. The van der Waals surface area contributed by atoms with E-state index in [-0.39, 0.29) is 16.3 Å². The molecule has 1 atom stereocenters. The number of methoxy groups -OCH3 is 1. The van der Waals surface area contributed by atoms with Crippen LogP contribution in [0.2, 0.25) is 0 Å². The van der Waals surface area contributed by atoms with Gasteiger partial charge in [-0.1, -0.05) is 0 Å². The second-order valence-electron chi connectivity index (χ2n) is 7.17. The lowest BCUT2D eigenvalue weighted by molar-refractivity contribution is -0.140. The normalized spacial score (nSPS) is 13.4.